The molecule has 0 bridgehead atoms. The number of pyridine rings is 2. The van der Waals surface area contributed by atoms with E-state index in [0.29, 0.717) is 12.4 Å². The smallest absolute Gasteiger partial charge is 0.354 e. The summed E-state index contributed by atoms with van der Waals surface area (Å²) in [5.41, 5.74) is 1.08. The Morgan fingerprint density at radius 1 is 1.15 bits per heavy atom. The number of aromatic nitrogens is 4. The zero-order valence-electron chi connectivity index (χ0n) is 14.9. The van der Waals surface area contributed by atoms with E-state index in [1.807, 2.05) is 36.7 Å². The molecule has 1 aliphatic heterocycles. The average molecular weight is 363 g/mol. The molecule has 0 aromatic carbocycles. The maximum Gasteiger partial charge on any atom is 0.354 e. The zero-order valence-corrected chi connectivity index (χ0v) is 14.9. The van der Waals surface area contributed by atoms with Gasteiger partial charge in [-0.3, -0.25) is 4.98 Å². The molecule has 0 amide bonds. The lowest BCUT2D eigenvalue weighted by atomic mass is 9.97. The van der Waals surface area contributed by atoms with Crippen molar-refractivity contribution in [3.63, 3.8) is 0 Å². The molecule has 0 spiro atoms. The van der Waals surface area contributed by atoms with Gasteiger partial charge in [-0.1, -0.05) is 12.1 Å². The highest BCUT2D eigenvalue weighted by Gasteiger charge is 2.26. The van der Waals surface area contributed by atoms with Crippen LogP contribution in [0, 0.1) is 0 Å². The highest BCUT2D eigenvalue weighted by atomic mass is 16.4. The summed E-state index contributed by atoms with van der Waals surface area (Å²) < 4.78 is 2.15. The van der Waals surface area contributed by atoms with Crippen molar-refractivity contribution in [2.75, 3.05) is 18.0 Å². The van der Waals surface area contributed by atoms with Gasteiger partial charge in [0.2, 0.25) is 0 Å². The number of rotatable bonds is 5. The predicted molar refractivity (Wildman–Crippen MR) is 101 cm³/mol. The molecular weight excluding hydrogens is 342 g/mol. The van der Waals surface area contributed by atoms with Crippen molar-refractivity contribution in [2.45, 2.75) is 25.3 Å². The minimum absolute atomic E-state index is 0.0753. The number of carboxylic acid groups (broad SMARTS) is 1. The van der Waals surface area contributed by atoms with Crippen LogP contribution in [0.25, 0.3) is 0 Å². The van der Waals surface area contributed by atoms with Crippen molar-refractivity contribution >= 4 is 11.8 Å². The van der Waals surface area contributed by atoms with Crippen LogP contribution in [0.3, 0.4) is 0 Å². The number of piperidine rings is 1. The minimum atomic E-state index is -1.00. The molecule has 1 aliphatic rings. The summed E-state index contributed by atoms with van der Waals surface area (Å²) in [6.07, 6.45) is 7.69. The molecule has 1 fully saturated rings. The highest BCUT2D eigenvalue weighted by molar-refractivity contribution is 5.85. The fourth-order valence-electron chi connectivity index (χ4n) is 3.59. The quantitative estimate of drug-likeness (QED) is 0.750. The Balaban J connectivity index is 1.53. The monoisotopic (exact) mass is 363 g/mol. The number of carbonyl (C=O) groups is 1. The first-order valence-electron chi connectivity index (χ1n) is 9.07. The molecular formula is C20H21N5O2. The van der Waals surface area contributed by atoms with Crippen LogP contribution in [-0.4, -0.2) is 43.7 Å². The van der Waals surface area contributed by atoms with E-state index >= 15 is 0 Å². The van der Waals surface area contributed by atoms with Crippen LogP contribution in [0.15, 0.2) is 55.0 Å². The summed E-state index contributed by atoms with van der Waals surface area (Å²) in [5.74, 6) is 1.02. The fourth-order valence-corrected chi connectivity index (χ4v) is 3.59. The third kappa shape index (κ3) is 3.81. The lowest BCUT2D eigenvalue weighted by Crippen LogP contribution is -2.36. The van der Waals surface area contributed by atoms with E-state index in [-0.39, 0.29) is 11.6 Å². The average Bonchev–Trinajstić information content (AvgIpc) is 3.17. The number of anilines is 1. The number of carboxylic acids is 1. The maximum absolute atomic E-state index is 11.2. The van der Waals surface area contributed by atoms with Crippen molar-refractivity contribution in [3.8, 4) is 0 Å². The second-order valence-electron chi connectivity index (χ2n) is 6.71. The van der Waals surface area contributed by atoms with Crippen molar-refractivity contribution in [1.29, 1.82) is 0 Å². The van der Waals surface area contributed by atoms with E-state index in [1.165, 1.54) is 6.07 Å². The topological polar surface area (TPSA) is 84.1 Å². The van der Waals surface area contributed by atoms with Gasteiger partial charge in [0.1, 0.15) is 11.6 Å². The minimum Gasteiger partial charge on any atom is -0.477 e. The van der Waals surface area contributed by atoms with Gasteiger partial charge in [0.25, 0.3) is 0 Å². The summed E-state index contributed by atoms with van der Waals surface area (Å²) in [6, 6.07) is 11.1. The van der Waals surface area contributed by atoms with Gasteiger partial charge in [-0.15, -0.1) is 0 Å². The van der Waals surface area contributed by atoms with Crippen molar-refractivity contribution < 1.29 is 9.90 Å². The fraction of sp³-hybridized carbons (Fsp3) is 0.300. The largest absolute Gasteiger partial charge is 0.477 e. The van der Waals surface area contributed by atoms with Crippen LogP contribution >= 0.6 is 0 Å². The normalized spacial score (nSPS) is 17.0. The summed E-state index contributed by atoms with van der Waals surface area (Å²) >= 11 is 0. The van der Waals surface area contributed by atoms with Crippen LogP contribution in [0.4, 0.5) is 5.82 Å². The summed E-state index contributed by atoms with van der Waals surface area (Å²) in [6.45, 7) is 2.34. The Bertz CT molecular complexity index is 925. The molecule has 0 saturated carbocycles. The van der Waals surface area contributed by atoms with Crippen LogP contribution in [0.1, 0.15) is 40.8 Å². The molecule has 138 valence electrons. The predicted octanol–water partition coefficient (Wildman–Crippen LogP) is 2.80. The van der Waals surface area contributed by atoms with Gasteiger partial charge in [-0.2, -0.15) is 0 Å². The Labute approximate surface area is 157 Å². The SMILES string of the molecule is O=C(O)c1cccc(N2CCCC(c3nccn3Cc3ccccn3)C2)n1. The molecule has 4 heterocycles. The van der Waals surface area contributed by atoms with Crippen LogP contribution in [0.5, 0.6) is 0 Å². The Morgan fingerprint density at radius 2 is 2.07 bits per heavy atom. The molecule has 1 saturated heterocycles. The first kappa shape index (κ1) is 17.2. The first-order chi connectivity index (χ1) is 13.2. The van der Waals surface area contributed by atoms with E-state index in [9.17, 15) is 9.90 Å². The molecule has 7 heteroatoms. The number of hydrogen-bond acceptors (Lipinski definition) is 5. The third-order valence-electron chi connectivity index (χ3n) is 4.87. The molecule has 0 aliphatic carbocycles. The molecule has 7 nitrogen and oxygen atoms in total. The van der Waals surface area contributed by atoms with Crippen LogP contribution < -0.4 is 4.90 Å². The van der Waals surface area contributed by atoms with E-state index < -0.39 is 5.97 Å². The van der Waals surface area contributed by atoms with Gasteiger partial charge in [-0.05, 0) is 37.1 Å². The number of hydrogen-bond donors (Lipinski definition) is 1. The van der Waals surface area contributed by atoms with E-state index in [1.54, 1.807) is 12.3 Å². The highest BCUT2D eigenvalue weighted by Crippen LogP contribution is 2.28. The molecule has 1 atom stereocenters. The Kier molecular flexibility index (Phi) is 4.82. The van der Waals surface area contributed by atoms with Gasteiger partial charge in [-0.25, -0.2) is 14.8 Å². The number of nitrogens with zero attached hydrogens (tertiary/aromatic N) is 5. The van der Waals surface area contributed by atoms with E-state index in [4.69, 9.17) is 0 Å². The molecule has 1 unspecified atom stereocenters. The third-order valence-corrected chi connectivity index (χ3v) is 4.87. The summed E-state index contributed by atoms with van der Waals surface area (Å²) in [5, 5.41) is 9.19. The molecule has 3 aromatic heterocycles. The van der Waals surface area contributed by atoms with Gasteiger partial charge >= 0.3 is 5.97 Å². The standard InChI is InChI=1S/C20H21N5O2/c26-20(27)17-7-3-8-18(23-17)24-11-4-5-15(13-24)19-22-10-12-25(19)14-16-6-1-2-9-21-16/h1-3,6-10,12,15H,4-5,11,13-14H2,(H,26,27). The molecule has 1 N–H and O–H groups in total. The van der Waals surface area contributed by atoms with Crippen molar-refractivity contribution in [2.24, 2.45) is 0 Å². The molecule has 4 rings (SSSR count). The number of aromatic carboxylic acids is 1. The van der Waals surface area contributed by atoms with E-state index in [2.05, 4.69) is 24.4 Å². The number of imidazole rings is 1. The maximum atomic E-state index is 11.2. The second kappa shape index (κ2) is 7.57. The lowest BCUT2D eigenvalue weighted by molar-refractivity contribution is 0.0690. The summed E-state index contributed by atoms with van der Waals surface area (Å²) in [7, 11) is 0. The van der Waals surface area contributed by atoms with Crippen molar-refractivity contribution in [1.82, 2.24) is 19.5 Å². The Morgan fingerprint density at radius 3 is 2.89 bits per heavy atom. The van der Waals surface area contributed by atoms with E-state index in [0.717, 1.165) is 37.4 Å². The van der Waals surface area contributed by atoms with Gasteiger partial charge in [0, 0.05) is 37.6 Å². The van der Waals surface area contributed by atoms with Crippen molar-refractivity contribution in [3.05, 3.63) is 72.2 Å². The first-order valence-corrected chi connectivity index (χ1v) is 9.07. The lowest BCUT2D eigenvalue weighted by Gasteiger charge is -2.33. The second-order valence-corrected chi connectivity index (χ2v) is 6.71. The Hall–Kier alpha value is -3.22. The summed E-state index contributed by atoms with van der Waals surface area (Å²) in [4.78, 5) is 26.7. The van der Waals surface area contributed by atoms with Gasteiger partial charge < -0.3 is 14.6 Å². The van der Waals surface area contributed by atoms with Crippen LogP contribution in [-0.2, 0) is 6.54 Å². The molecule has 27 heavy (non-hydrogen) atoms. The van der Waals surface area contributed by atoms with Crippen LogP contribution in [0.2, 0.25) is 0 Å². The zero-order chi connectivity index (χ0) is 18.6. The molecule has 0 radical (unpaired) electrons. The molecule has 3 aromatic rings. The van der Waals surface area contributed by atoms with Gasteiger partial charge in [0.15, 0.2) is 5.69 Å². The van der Waals surface area contributed by atoms with Gasteiger partial charge in [0.05, 0.1) is 12.2 Å².